The van der Waals surface area contributed by atoms with Gasteiger partial charge < -0.3 is 45.4 Å². The Morgan fingerprint density at radius 3 is 2.17 bits per heavy atom. The topological polar surface area (TPSA) is 235 Å². The lowest BCUT2D eigenvalue weighted by Gasteiger charge is -2.25. The van der Waals surface area contributed by atoms with Gasteiger partial charge in [0, 0.05) is 18.1 Å². The molecule has 8 N–H and O–H groups in total. The number of amides is 3. The number of hydrogen-bond donors (Lipinski definition) is 7. The van der Waals surface area contributed by atoms with Crippen LogP contribution in [0, 0.1) is 5.92 Å². The van der Waals surface area contributed by atoms with Gasteiger partial charge in [-0.15, -0.1) is 0 Å². The first-order valence-corrected chi connectivity index (χ1v) is 20.6. The van der Waals surface area contributed by atoms with Crippen LogP contribution in [0.5, 0.6) is 11.5 Å². The van der Waals surface area contributed by atoms with Gasteiger partial charge in [-0.3, -0.25) is 23.5 Å². The minimum atomic E-state index is -5.24. The number of nitrogens with one attached hydrogen (secondary N) is 2. The monoisotopic (exact) mass is 757 g/mol. The predicted octanol–water partition coefficient (Wildman–Crippen LogP) is 4.40. The highest BCUT2D eigenvalue weighted by atomic mass is 31.2. The molecule has 16 heteroatoms. The molecule has 1 fully saturated rings. The van der Waals surface area contributed by atoms with Gasteiger partial charge in [0.15, 0.2) is 5.40 Å². The third-order valence-corrected chi connectivity index (χ3v) is 13.1. The van der Waals surface area contributed by atoms with Crippen LogP contribution in [0.4, 0.5) is 0 Å². The van der Waals surface area contributed by atoms with Crippen LogP contribution in [0.25, 0.3) is 0 Å². The number of carbonyl (C=O) groups is 3. The Labute approximate surface area is 301 Å². The van der Waals surface area contributed by atoms with E-state index in [0.717, 1.165) is 31.2 Å². The van der Waals surface area contributed by atoms with Crippen molar-refractivity contribution in [2.24, 2.45) is 11.7 Å². The highest BCUT2D eigenvalue weighted by Crippen LogP contribution is 2.69. The smallest absolute Gasteiger partial charge is 0.345 e. The van der Waals surface area contributed by atoms with Crippen LogP contribution in [0.2, 0.25) is 0 Å². The van der Waals surface area contributed by atoms with Crippen molar-refractivity contribution < 1.29 is 52.6 Å². The van der Waals surface area contributed by atoms with E-state index in [4.69, 9.17) is 15.2 Å². The molecule has 3 aromatic rings. The van der Waals surface area contributed by atoms with E-state index in [1.54, 1.807) is 36.4 Å². The fourth-order valence-electron chi connectivity index (χ4n) is 6.78. The Kier molecular flexibility index (Phi) is 13.0. The number of nitrogens with two attached hydrogens (primary N) is 1. The number of primary amides is 1. The van der Waals surface area contributed by atoms with Gasteiger partial charge in [-0.05, 0) is 54.4 Å². The molecule has 0 saturated heterocycles. The van der Waals surface area contributed by atoms with Crippen LogP contribution in [-0.4, -0.2) is 56.6 Å². The molecule has 0 bridgehead atoms. The fourth-order valence-corrected chi connectivity index (χ4v) is 9.47. The van der Waals surface area contributed by atoms with E-state index in [1.807, 2.05) is 6.07 Å². The van der Waals surface area contributed by atoms with Crippen molar-refractivity contribution in [1.82, 2.24) is 10.6 Å². The number of fused-ring (bicyclic) bond motifs is 1. The van der Waals surface area contributed by atoms with E-state index in [1.165, 1.54) is 30.7 Å². The Morgan fingerprint density at radius 2 is 1.54 bits per heavy atom. The highest BCUT2D eigenvalue weighted by Gasteiger charge is 2.44. The van der Waals surface area contributed by atoms with E-state index >= 15 is 0 Å². The lowest BCUT2D eigenvalue weighted by molar-refractivity contribution is -0.129. The molecule has 2 atom stereocenters. The molecule has 14 nitrogen and oxygen atoms in total. The molecule has 5 rings (SSSR count). The van der Waals surface area contributed by atoms with Gasteiger partial charge in [-0.25, -0.2) is 0 Å². The summed E-state index contributed by atoms with van der Waals surface area (Å²) in [6.45, 7) is 0.801. The SMILES string of the molecule is NC(=O)c1cc2c(cc1OCC1CCCCC1)OCCC[C@@H]2NC(=O)[C@H](Cc1ccc(C(P(=O)(O)O)P(=O)(O)O)cc1)NC(=O)Cc1ccccc1. The number of hydrogen-bond acceptors (Lipinski definition) is 7. The minimum Gasteiger partial charge on any atom is -0.493 e. The molecule has 0 aromatic heterocycles. The number of carbonyl (C=O) groups excluding carboxylic acids is 3. The zero-order valence-electron chi connectivity index (χ0n) is 28.6. The lowest BCUT2D eigenvalue weighted by atomic mass is 9.90. The molecular weight excluding hydrogens is 712 g/mol. The Bertz CT molecular complexity index is 1800. The molecule has 0 radical (unpaired) electrons. The van der Waals surface area contributed by atoms with Crippen LogP contribution in [0.1, 0.15) is 89.0 Å². The summed E-state index contributed by atoms with van der Waals surface area (Å²) in [4.78, 5) is 78.4. The molecule has 1 aliphatic heterocycles. The highest BCUT2D eigenvalue weighted by molar-refractivity contribution is 7.70. The summed E-state index contributed by atoms with van der Waals surface area (Å²) in [5.74, 6) is -0.541. The van der Waals surface area contributed by atoms with E-state index < -0.39 is 50.4 Å². The maximum absolute atomic E-state index is 14.0. The molecule has 1 heterocycles. The van der Waals surface area contributed by atoms with Gasteiger partial charge >= 0.3 is 15.2 Å². The third kappa shape index (κ3) is 10.5. The molecular formula is C36H45N3O11P2. The van der Waals surface area contributed by atoms with Crippen LogP contribution in [0.3, 0.4) is 0 Å². The van der Waals surface area contributed by atoms with Gasteiger partial charge in [0.05, 0.1) is 31.2 Å². The summed E-state index contributed by atoms with van der Waals surface area (Å²) in [5.41, 5.74) is 7.37. The average molecular weight is 758 g/mol. The van der Waals surface area contributed by atoms with Gasteiger partial charge in [-0.2, -0.15) is 0 Å². The summed E-state index contributed by atoms with van der Waals surface area (Å²) in [7, 11) is -10.5. The molecule has 0 spiro atoms. The van der Waals surface area contributed by atoms with E-state index in [0.29, 0.717) is 54.6 Å². The van der Waals surface area contributed by atoms with Crippen molar-refractivity contribution in [1.29, 1.82) is 0 Å². The largest absolute Gasteiger partial charge is 0.493 e. The molecule has 3 aromatic carbocycles. The number of ether oxygens (including phenoxy) is 2. The second-order valence-electron chi connectivity index (χ2n) is 13.4. The second kappa shape index (κ2) is 17.2. The zero-order chi connectivity index (χ0) is 37.5. The summed E-state index contributed by atoms with van der Waals surface area (Å²) in [6, 6.07) is 15.5. The van der Waals surface area contributed by atoms with Crippen LogP contribution < -0.4 is 25.8 Å². The molecule has 0 unspecified atom stereocenters. The van der Waals surface area contributed by atoms with Crippen molar-refractivity contribution in [2.75, 3.05) is 13.2 Å². The van der Waals surface area contributed by atoms with Gasteiger partial charge in [0.2, 0.25) is 11.8 Å². The quantitative estimate of drug-likeness (QED) is 0.114. The van der Waals surface area contributed by atoms with Crippen molar-refractivity contribution in [3.8, 4) is 11.5 Å². The summed E-state index contributed by atoms with van der Waals surface area (Å²) in [6.07, 6.45) is 6.51. The average Bonchev–Trinajstić information content (AvgIpc) is 3.28. The molecule has 280 valence electrons. The molecule has 52 heavy (non-hydrogen) atoms. The molecule has 2 aliphatic rings. The molecule has 1 aliphatic carbocycles. The first-order chi connectivity index (χ1) is 24.7. The van der Waals surface area contributed by atoms with E-state index in [9.17, 15) is 43.1 Å². The number of rotatable bonds is 14. The van der Waals surface area contributed by atoms with E-state index in [-0.39, 0.29) is 24.0 Å². The second-order valence-corrected chi connectivity index (χ2v) is 17.2. The van der Waals surface area contributed by atoms with Gasteiger partial charge in [0.1, 0.15) is 17.5 Å². The molecule has 1 saturated carbocycles. The normalized spacial score (nSPS) is 17.3. The summed E-state index contributed by atoms with van der Waals surface area (Å²) < 4.78 is 36.0. The summed E-state index contributed by atoms with van der Waals surface area (Å²) >= 11 is 0. The Balaban J connectivity index is 1.39. The first-order valence-electron chi connectivity index (χ1n) is 17.3. The fraction of sp³-hybridized carbons (Fsp3) is 0.417. The molecule has 3 amide bonds. The predicted molar refractivity (Wildman–Crippen MR) is 192 cm³/mol. The number of benzene rings is 3. The van der Waals surface area contributed by atoms with Crippen LogP contribution >= 0.6 is 15.2 Å². The lowest BCUT2D eigenvalue weighted by Crippen LogP contribution is -2.49. The van der Waals surface area contributed by atoms with Crippen molar-refractivity contribution in [3.05, 3.63) is 94.5 Å². The van der Waals surface area contributed by atoms with Crippen LogP contribution in [-0.2, 0) is 31.6 Å². The standard InChI is InChI=1S/C36H45N3O11P2/c37-34(41)28-20-27-29(12-7-17-49-31(27)21-32(28)50-22-25-10-5-2-6-11-25)39-35(42)30(38-33(40)19-23-8-3-1-4-9-23)18-24-13-15-26(16-14-24)36(51(43,44)45)52(46,47)48/h1,3-4,8-9,13-16,20-21,25,29-30,36H,2,5-7,10-12,17-19,22H2,(H2,37,41)(H,38,40)(H,39,42)(H2,43,44,45)(H2,46,47,48)/t29-,30-/m0/s1. The maximum atomic E-state index is 14.0. The van der Waals surface area contributed by atoms with Crippen molar-refractivity contribution >= 4 is 32.9 Å². The third-order valence-electron chi connectivity index (χ3n) is 9.38. The minimum absolute atomic E-state index is 0.0124. The zero-order valence-corrected chi connectivity index (χ0v) is 30.3. The maximum Gasteiger partial charge on any atom is 0.345 e. The van der Waals surface area contributed by atoms with Crippen molar-refractivity contribution in [3.63, 3.8) is 0 Å². The summed E-state index contributed by atoms with van der Waals surface area (Å²) in [5, 5.41) is 3.45. The Hall–Kier alpha value is -4.03. The van der Waals surface area contributed by atoms with Crippen molar-refractivity contribution in [2.45, 2.75) is 75.3 Å². The van der Waals surface area contributed by atoms with Crippen LogP contribution in [0.15, 0.2) is 66.7 Å². The first kappa shape index (κ1) is 39.2. The Morgan fingerprint density at radius 1 is 0.865 bits per heavy atom. The van der Waals surface area contributed by atoms with Gasteiger partial charge in [0.25, 0.3) is 5.91 Å². The van der Waals surface area contributed by atoms with E-state index in [2.05, 4.69) is 10.6 Å². The van der Waals surface area contributed by atoms with Gasteiger partial charge in [-0.1, -0.05) is 73.9 Å².